The van der Waals surface area contributed by atoms with E-state index < -0.39 is 0 Å². The van der Waals surface area contributed by atoms with Crippen molar-refractivity contribution in [1.82, 2.24) is 4.90 Å². The first-order valence-electron chi connectivity index (χ1n) is 5.76. The molecule has 0 aromatic carbocycles. The van der Waals surface area contributed by atoms with Crippen molar-refractivity contribution in [2.24, 2.45) is 0 Å². The smallest absolute Gasteiger partial charge is 0.118 e. The number of hydrogen-bond donors (Lipinski definition) is 0. The summed E-state index contributed by atoms with van der Waals surface area (Å²) in [6, 6.07) is 4.25. The van der Waals surface area contributed by atoms with Gasteiger partial charge < -0.3 is 4.42 Å². The molecule has 0 aliphatic carbocycles. The normalized spacial score (nSPS) is 17.4. The maximum Gasteiger partial charge on any atom is 0.118 e. The lowest BCUT2D eigenvalue weighted by Crippen LogP contribution is -2.17. The highest BCUT2D eigenvalue weighted by molar-refractivity contribution is 7.98. The molecule has 15 heavy (non-hydrogen) atoms. The molecule has 0 unspecified atom stereocenters. The predicted octanol–water partition coefficient (Wildman–Crippen LogP) is 3.13. The molecule has 0 saturated carbocycles. The number of furan rings is 1. The van der Waals surface area contributed by atoms with E-state index >= 15 is 0 Å². The summed E-state index contributed by atoms with van der Waals surface area (Å²) in [6.07, 6.45) is 2.69. The maximum absolute atomic E-state index is 5.79. The topological polar surface area (TPSA) is 16.4 Å². The third kappa shape index (κ3) is 3.28. The minimum absolute atomic E-state index is 0.997. The molecule has 2 nitrogen and oxygen atoms in total. The van der Waals surface area contributed by atoms with Crippen LogP contribution in [0.4, 0.5) is 0 Å². The Kier molecular flexibility index (Phi) is 4.15. The van der Waals surface area contributed by atoms with E-state index in [9.17, 15) is 0 Å². The van der Waals surface area contributed by atoms with Gasteiger partial charge in [0.2, 0.25) is 0 Å². The summed E-state index contributed by atoms with van der Waals surface area (Å²) >= 11 is 1.91. The highest BCUT2D eigenvalue weighted by atomic mass is 32.2. The molecule has 3 heteroatoms. The van der Waals surface area contributed by atoms with Gasteiger partial charge in [0.1, 0.15) is 11.5 Å². The fraction of sp³-hybridized carbons (Fsp3) is 0.667. The molecule has 2 rings (SSSR count). The predicted molar refractivity (Wildman–Crippen MR) is 65.1 cm³/mol. The first-order valence-corrected chi connectivity index (χ1v) is 6.91. The number of rotatable bonds is 5. The molecule has 0 N–H and O–H groups in total. The lowest BCUT2D eigenvalue weighted by Gasteiger charge is -2.11. The zero-order valence-electron chi connectivity index (χ0n) is 9.37. The summed E-state index contributed by atoms with van der Waals surface area (Å²) in [6.45, 7) is 5.65. The first-order chi connectivity index (χ1) is 7.38. The van der Waals surface area contributed by atoms with E-state index in [1.54, 1.807) is 0 Å². The second kappa shape index (κ2) is 5.61. The zero-order chi connectivity index (χ0) is 10.5. The van der Waals surface area contributed by atoms with Crippen LogP contribution in [0.1, 0.15) is 31.3 Å². The minimum atomic E-state index is 0.997. The van der Waals surface area contributed by atoms with Gasteiger partial charge in [-0.25, -0.2) is 0 Å². The van der Waals surface area contributed by atoms with Crippen LogP contribution in [0.3, 0.4) is 0 Å². The van der Waals surface area contributed by atoms with Gasteiger partial charge >= 0.3 is 0 Å². The molecule has 1 aromatic rings. The molecule has 1 aliphatic heterocycles. The van der Waals surface area contributed by atoms with Crippen molar-refractivity contribution in [3.05, 3.63) is 23.7 Å². The van der Waals surface area contributed by atoms with E-state index in [2.05, 4.69) is 24.0 Å². The Balaban J connectivity index is 1.83. The van der Waals surface area contributed by atoms with E-state index in [1.807, 2.05) is 11.8 Å². The van der Waals surface area contributed by atoms with Crippen LogP contribution >= 0.6 is 11.8 Å². The highest BCUT2D eigenvalue weighted by Crippen LogP contribution is 2.18. The second-order valence-corrected chi connectivity index (χ2v) is 5.26. The van der Waals surface area contributed by atoms with Crippen LogP contribution in [-0.2, 0) is 12.3 Å². The Morgan fingerprint density at radius 2 is 2.00 bits per heavy atom. The van der Waals surface area contributed by atoms with Crippen LogP contribution in [0.2, 0.25) is 0 Å². The summed E-state index contributed by atoms with van der Waals surface area (Å²) in [5.74, 6) is 4.42. The van der Waals surface area contributed by atoms with Crippen molar-refractivity contribution in [2.45, 2.75) is 32.1 Å². The summed E-state index contributed by atoms with van der Waals surface area (Å²) in [5.41, 5.74) is 0. The van der Waals surface area contributed by atoms with Crippen LogP contribution in [0.15, 0.2) is 16.5 Å². The summed E-state index contributed by atoms with van der Waals surface area (Å²) in [5, 5.41) is 0. The molecule has 1 fully saturated rings. The molecule has 0 amide bonds. The van der Waals surface area contributed by atoms with Gasteiger partial charge in [-0.3, -0.25) is 4.90 Å². The quantitative estimate of drug-likeness (QED) is 0.766. The Labute approximate surface area is 96.0 Å². The minimum Gasteiger partial charge on any atom is -0.464 e. The number of nitrogens with zero attached hydrogens (tertiary/aromatic N) is 1. The van der Waals surface area contributed by atoms with Crippen molar-refractivity contribution in [2.75, 3.05) is 18.8 Å². The monoisotopic (exact) mass is 225 g/mol. The SMILES string of the molecule is CCSCc1ccc(CN2CCCC2)o1. The molecule has 0 atom stereocenters. The van der Waals surface area contributed by atoms with Crippen molar-refractivity contribution >= 4 is 11.8 Å². The van der Waals surface area contributed by atoms with Crippen LogP contribution in [0.25, 0.3) is 0 Å². The van der Waals surface area contributed by atoms with Crippen LogP contribution in [-0.4, -0.2) is 23.7 Å². The van der Waals surface area contributed by atoms with Crippen molar-refractivity contribution in [1.29, 1.82) is 0 Å². The van der Waals surface area contributed by atoms with Gasteiger partial charge in [-0.05, 0) is 43.8 Å². The molecule has 0 radical (unpaired) electrons. The van der Waals surface area contributed by atoms with Gasteiger partial charge in [0.05, 0.1) is 12.3 Å². The van der Waals surface area contributed by atoms with Crippen molar-refractivity contribution in [3.8, 4) is 0 Å². The van der Waals surface area contributed by atoms with Gasteiger partial charge in [0.15, 0.2) is 0 Å². The molecular formula is C12H19NOS. The molecule has 1 aliphatic rings. The van der Waals surface area contributed by atoms with E-state index in [0.717, 1.165) is 29.6 Å². The molecule has 0 bridgehead atoms. The largest absolute Gasteiger partial charge is 0.464 e. The van der Waals surface area contributed by atoms with Gasteiger partial charge in [0, 0.05) is 0 Å². The lowest BCUT2D eigenvalue weighted by atomic mass is 10.4. The van der Waals surface area contributed by atoms with Gasteiger partial charge in [-0.15, -0.1) is 0 Å². The van der Waals surface area contributed by atoms with Gasteiger partial charge in [-0.1, -0.05) is 6.92 Å². The fourth-order valence-electron chi connectivity index (χ4n) is 1.95. The third-order valence-corrected chi connectivity index (χ3v) is 3.64. The maximum atomic E-state index is 5.79. The average Bonchev–Trinajstić information content (AvgIpc) is 2.87. The number of hydrogen-bond acceptors (Lipinski definition) is 3. The summed E-state index contributed by atoms with van der Waals surface area (Å²) < 4.78 is 5.79. The fourth-order valence-corrected chi connectivity index (χ4v) is 2.51. The Morgan fingerprint density at radius 1 is 1.27 bits per heavy atom. The molecular weight excluding hydrogens is 206 g/mol. The number of thioether (sulfide) groups is 1. The second-order valence-electron chi connectivity index (χ2n) is 3.99. The average molecular weight is 225 g/mol. The van der Waals surface area contributed by atoms with E-state index in [-0.39, 0.29) is 0 Å². The van der Waals surface area contributed by atoms with Crippen molar-refractivity contribution in [3.63, 3.8) is 0 Å². The Hall–Kier alpha value is -0.410. The van der Waals surface area contributed by atoms with Crippen molar-refractivity contribution < 1.29 is 4.42 Å². The third-order valence-electron chi connectivity index (χ3n) is 2.74. The van der Waals surface area contributed by atoms with E-state index in [0.29, 0.717) is 0 Å². The summed E-state index contributed by atoms with van der Waals surface area (Å²) in [4.78, 5) is 2.47. The van der Waals surface area contributed by atoms with Crippen LogP contribution in [0, 0.1) is 0 Å². The molecule has 0 spiro atoms. The molecule has 1 aromatic heterocycles. The van der Waals surface area contributed by atoms with Gasteiger partial charge in [-0.2, -0.15) is 11.8 Å². The van der Waals surface area contributed by atoms with Crippen LogP contribution < -0.4 is 0 Å². The summed E-state index contributed by atoms with van der Waals surface area (Å²) in [7, 11) is 0. The molecule has 1 saturated heterocycles. The molecule has 2 heterocycles. The van der Waals surface area contributed by atoms with E-state index in [1.165, 1.54) is 25.9 Å². The zero-order valence-corrected chi connectivity index (χ0v) is 10.2. The lowest BCUT2D eigenvalue weighted by molar-refractivity contribution is 0.294. The first kappa shape index (κ1) is 11.1. The highest BCUT2D eigenvalue weighted by Gasteiger charge is 2.13. The Bertz CT molecular complexity index is 292. The Morgan fingerprint density at radius 3 is 2.73 bits per heavy atom. The van der Waals surface area contributed by atoms with Crippen LogP contribution in [0.5, 0.6) is 0 Å². The number of likely N-dealkylation sites (tertiary alicyclic amines) is 1. The molecule has 84 valence electrons. The van der Waals surface area contributed by atoms with E-state index in [4.69, 9.17) is 4.42 Å². The van der Waals surface area contributed by atoms with Gasteiger partial charge in [0.25, 0.3) is 0 Å². The standard InChI is InChI=1S/C12H19NOS/c1-2-15-10-12-6-5-11(14-12)9-13-7-3-4-8-13/h5-6H,2-4,7-10H2,1H3.